The van der Waals surface area contributed by atoms with E-state index in [1.54, 1.807) is 0 Å². The molecule has 18 heavy (non-hydrogen) atoms. The van der Waals surface area contributed by atoms with E-state index in [2.05, 4.69) is 15.7 Å². The van der Waals surface area contributed by atoms with Crippen LogP contribution in [0.1, 0.15) is 38.5 Å². The molecule has 6 nitrogen and oxygen atoms in total. The molecule has 0 aromatic rings. The van der Waals surface area contributed by atoms with Gasteiger partial charge in [-0.15, -0.1) is 0 Å². The van der Waals surface area contributed by atoms with Gasteiger partial charge in [-0.1, -0.05) is 12.8 Å². The highest BCUT2D eigenvalue weighted by Crippen LogP contribution is 1.97. The van der Waals surface area contributed by atoms with Crippen LogP contribution >= 0.6 is 0 Å². The van der Waals surface area contributed by atoms with E-state index in [-0.39, 0.29) is 19.8 Å². The molecule has 0 saturated carbocycles. The molecule has 0 aromatic heterocycles. The van der Waals surface area contributed by atoms with Crippen molar-refractivity contribution in [2.24, 2.45) is 0 Å². The van der Waals surface area contributed by atoms with Gasteiger partial charge in [-0.05, 0) is 44.0 Å². The molecule has 2 N–H and O–H groups in total. The van der Waals surface area contributed by atoms with Gasteiger partial charge in [0.1, 0.15) is 6.61 Å². The Morgan fingerprint density at radius 1 is 0.778 bits per heavy atom. The van der Waals surface area contributed by atoms with Crippen molar-refractivity contribution in [1.82, 2.24) is 10.8 Å². The van der Waals surface area contributed by atoms with Crippen molar-refractivity contribution in [1.29, 1.82) is 0 Å². The number of nitrogens with one attached hydrogen (secondary N) is 2. The zero-order valence-electron chi connectivity index (χ0n) is 11.1. The monoisotopic (exact) mass is 262 g/mol. The van der Waals surface area contributed by atoms with E-state index in [1.807, 2.05) is 0 Å². The van der Waals surface area contributed by atoms with Gasteiger partial charge in [-0.25, -0.2) is 15.5 Å². The van der Waals surface area contributed by atoms with Crippen molar-refractivity contribution in [3.63, 3.8) is 0 Å². The van der Waals surface area contributed by atoms with Crippen molar-refractivity contribution in [3.05, 3.63) is 0 Å². The second kappa shape index (κ2) is 16.8. The maximum atomic E-state index is 10.2. The van der Waals surface area contributed by atoms with Gasteiger partial charge in [0.05, 0.1) is 13.2 Å². The molecular formula is C12H26N2O4. The Kier molecular flexibility index (Phi) is 16.5. The minimum atomic E-state index is 0.0394. The van der Waals surface area contributed by atoms with Gasteiger partial charge in [0.2, 0.25) is 0 Å². The van der Waals surface area contributed by atoms with E-state index >= 15 is 0 Å². The largest absolute Gasteiger partial charge is 0.317 e. The molecule has 0 bridgehead atoms. The van der Waals surface area contributed by atoms with E-state index in [9.17, 15) is 10.4 Å². The van der Waals surface area contributed by atoms with E-state index in [0.29, 0.717) is 0 Å². The van der Waals surface area contributed by atoms with Gasteiger partial charge in [0, 0.05) is 6.54 Å². The van der Waals surface area contributed by atoms with Crippen LogP contribution in [0.2, 0.25) is 0 Å². The Bertz CT molecular complexity index is 134. The number of rotatable bonds is 15. The Morgan fingerprint density at radius 2 is 1.44 bits per heavy atom. The van der Waals surface area contributed by atoms with Crippen molar-refractivity contribution >= 4 is 0 Å². The smallest absolute Gasteiger partial charge is 0.111 e. The summed E-state index contributed by atoms with van der Waals surface area (Å²) in [6.45, 7) is 3.19. The Hall–Kier alpha value is -0.240. The molecule has 0 atom stereocenters. The van der Waals surface area contributed by atoms with E-state index in [4.69, 9.17) is 4.84 Å². The van der Waals surface area contributed by atoms with Crippen LogP contribution in [0.5, 0.6) is 0 Å². The molecule has 0 aliphatic rings. The van der Waals surface area contributed by atoms with Crippen LogP contribution < -0.4 is 10.8 Å². The average molecular weight is 262 g/mol. The second-order valence-corrected chi connectivity index (χ2v) is 4.14. The quantitative estimate of drug-likeness (QED) is 0.264. The van der Waals surface area contributed by atoms with Gasteiger partial charge < -0.3 is 5.32 Å². The highest BCUT2D eigenvalue weighted by Gasteiger charge is 1.92. The van der Waals surface area contributed by atoms with Crippen LogP contribution in [-0.4, -0.2) is 39.5 Å². The first kappa shape index (κ1) is 17.8. The summed E-state index contributed by atoms with van der Waals surface area (Å²) in [6, 6.07) is 0. The van der Waals surface area contributed by atoms with Gasteiger partial charge in [0.25, 0.3) is 0 Å². The van der Waals surface area contributed by atoms with Crippen LogP contribution in [-0.2, 0) is 20.1 Å². The molecule has 0 fully saturated rings. The van der Waals surface area contributed by atoms with Crippen LogP contribution in [0.15, 0.2) is 0 Å². The number of unbranched alkanes of at least 4 members (excludes halogenated alkanes) is 4. The average Bonchev–Trinajstić information content (AvgIpc) is 2.39. The van der Waals surface area contributed by atoms with Gasteiger partial charge in [0.15, 0.2) is 0 Å². The van der Waals surface area contributed by atoms with Crippen molar-refractivity contribution < 1.29 is 20.1 Å². The molecule has 0 aliphatic carbocycles. The normalized spacial score (nSPS) is 11.0. The summed E-state index contributed by atoms with van der Waals surface area (Å²) >= 11 is 0. The number of hydrogen-bond acceptors (Lipinski definition) is 4. The molecule has 108 valence electrons. The summed E-state index contributed by atoms with van der Waals surface area (Å²) in [5.74, 6) is 0. The van der Waals surface area contributed by atoms with Crippen molar-refractivity contribution in [2.45, 2.75) is 38.5 Å². The molecule has 0 aromatic carbocycles. The maximum absolute atomic E-state index is 10.2. The van der Waals surface area contributed by atoms with E-state index < -0.39 is 0 Å². The van der Waals surface area contributed by atoms with Crippen LogP contribution in [0.3, 0.4) is 0 Å². The lowest BCUT2D eigenvalue weighted by Gasteiger charge is -2.05. The number of hydroxylamine groups is 1. The minimum Gasteiger partial charge on any atom is -0.317 e. The van der Waals surface area contributed by atoms with Gasteiger partial charge in [-0.3, -0.25) is 4.84 Å². The first-order valence-corrected chi connectivity index (χ1v) is 6.80. The highest BCUT2D eigenvalue weighted by atomic mass is 17.1. The Balaban J connectivity index is 2.86. The fourth-order valence-corrected chi connectivity index (χ4v) is 1.50. The molecule has 6 heteroatoms. The lowest BCUT2D eigenvalue weighted by Crippen LogP contribution is -2.19. The molecular weight excluding hydrogens is 236 g/mol. The molecule has 0 saturated heterocycles. The first-order chi connectivity index (χ1) is 8.91. The maximum Gasteiger partial charge on any atom is 0.111 e. The Labute approximate surface area is 110 Å². The number of hydrogen-bond donors (Lipinski definition) is 2. The molecule has 0 heterocycles. The molecule has 2 radical (unpaired) electrons. The lowest BCUT2D eigenvalue weighted by atomic mass is 10.2. The molecule has 0 unspecified atom stereocenters. The fraction of sp³-hybridized carbons (Fsp3) is 1.00. The standard InChI is InChI=1S/C12H26N2O4/c15-10-6-5-8-13-7-3-1-2-4-9-14-17-11-12-18-16/h13-14H,1-12H2. The molecule has 0 spiro atoms. The van der Waals surface area contributed by atoms with Crippen molar-refractivity contribution in [2.75, 3.05) is 39.5 Å². The zero-order valence-corrected chi connectivity index (χ0v) is 11.1. The molecule has 0 aliphatic heterocycles. The third-order valence-corrected chi connectivity index (χ3v) is 2.50. The lowest BCUT2D eigenvalue weighted by molar-refractivity contribution is -0.309. The summed E-state index contributed by atoms with van der Waals surface area (Å²) in [7, 11) is 0. The van der Waals surface area contributed by atoms with E-state index in [1.165, 1.54) is 12.8 Å². The molecule has 0 amide bonds. The predicted molar refractivity (Wildman–Crippen MR) is 66.7 cm³/mol. The Morgan fingerprint density at radius 3 is 2.11 bits per heavy atom. The topological polar surface area (TPSA) is 82.3 Å². The summed E-state index contributed by atoms with van der Waals surface area (Å²) in [4.78, 5) is 8.55. The summed E-state index contributed by atoms with van der Waals surface area (Å²) in [6.07, 6.45) is 6.35. The summed E-state index contributed by atoms with van der Waals surface area (Å²) in [5.41, 5.74) is 2.78. The van der Waals surface area contributed by atoms with Crippen molar-refractivity contribution in [3.8, 4) is 0 Å². The first-order valence-electron chi connectivity index (χ1n) is 6.80. The van der Waals surface area contributed by atoms with Crippen LogP contribution in [0, 0.1) is 0 Å². The highest BCUT2D eigenvalue weighted by molar-refractivity contribution is 4.50. The van der Waals surface area contributed by atoms with Crippen LogP contribution in [0.4, 0.5) is 0 Å². The third-order valence-electron chi connectivity index (χ3n) is 2.50. The van der Waals surface area contributed by atoms with Gasteiger partial charge >= 0.3 is 0 Å². The SMILES string of the molecule is [O]CCCCNCCCCCCNOCCO[O]. The predicted octanol–water partition coefficient (Wildman–Crippen LogP) is 1.23. The fourth-order valence-electron chi connectivity index (χ4n) is 1.50. The van der Waals surface area contributed by atoms with Gasteiger partial charge in [-0.2, -0.15) is 0 Å². The summed E-state index contributed by atoms with van der Waals surface area (Å²) < 4.78 is 0. The van der Waals surface area contributed by atoms with Crippen LogP contribution in [0.25, 0.3) is 0 Å². The second-order valence-electron chi connectivity index (χ2n) is 4.14. The molecule has 0 rings (SSSR count). The van der Waals surface area contributed by atoms with E-state index in [0.717, 1.165) is 45.3 Å². The minimum absolute atomic E-state index is 0.0394. The third kappa shape index (κ3) is 15.8. The summed E-state index contributed by atoms with van der Waals surface area (Å²) in [5, 5.41) is 23.1. The zero-order chi connectivity index (χ0) is 13.3.